The Kier molecular flexibility index (Phi) is 4.82. The molecule has 1 saturated carbocycles. The Hall–Kier alpha value is -2.87. The highest BCUT2D eigenvalue weighted by atomic mass is 32.2. The molecule has 4 rings (SSSR count). The van der Waals surface area contributed by atoms with Gasteiger partial charge in [0.2, 0.25) is 0 Å². The second-order valence-electron chi connectivity index (χ2n) is 7.26. The van der Waals surface area contributed by atoms with E-state index in [9.17, 15) is 18.0 Å². The Bertz CT molecular complexity index is 1070. The highest BCUT2D eigenvalue weighted by molar-refractivity contribution is 7.90. The Morgan fingerprint density at radius 2 is 1.90 bits per heavy atom. The van der Waals surface area contributed by atoms with E-state index in [-0.39, 0.29) is 34.0 Å². The van der Waals surface area contributed by atoms with Crippen molar-refractivity contribution < 1.29 is 22.7 Å². The van der Waals surface area contributed by atoms with Gasteiger partial charge in [0.15, 0.2) is 0 Å². The lowest BCUT2D eigenvalue weighted by Crippen LogP contribution is -2.32. The van der Waals surface area contributed by atoms with E-state index in [1.54, 1.807) is 7.11 Å². The molecule has 152 valence electrons. The van der Waals surface area contributed by atoms with Crippen molar-refractivity contribution in [1.29, 1.82) is 0 Å². The predicted molar refractivity (Wildman–Crippen MR) is 106 cm³/mol. The minimum absolute atomic E-state index is 0.0838. The number of methoxy groups -OCH3 is 1. The molecule has 0 spiro atoms. The van der Waals surface area contributed by atoms with E-state index in [4.69, 9.17) is 4.74 Å². The van der Waals surface area contributed by atoms with E-state index in [1.807, 2.05) is 31.2 Å². The van der Waals surface area contributed by atoms with E-state index >= 15 is 0 Å². The molecule has 1 atom stereocenters. The number of benzene rings is 2. The normalized spacial score (nSPS) is 18.3. The predicted octanol–water partition coefficient (Wildman–Crippen LogP) is 2.88. The number of amides is 2. The van der Waals surface area contributed by atoms with Crippen LogP contribution in [0.15, 0.2) is 47.4 Å². The van der Waals surface area contributed by atoms with Gasteiger partial charge >= 0.3 is 0 Å². The average Bonchev–Trinajstić information content (AvgIpc) is 3.53. The van der Waals surface area contributed by atoms with Gasteiger partial charge in [-0.25, -0.2) is 12.7 Å². The minimum atomic E-state index is -3.89. The SMILES string of the molecule is CCC(NC(=O)c1ccc2c(c1)S(=O)(=O)N(C1CC1)C2=O)c1ccc(OC)cc1. The number of sulfonamides is 1. The van der Waals surface area contributed by atoms with Gasteiger partial charge in [-0.05, 0) is 55.2 Å². The Balaban J connectivity index is 1.58. The molecule has 2 amide bonds. The summed E-state index contributed by atoms with van der Waals surface area (Å²) in [4.78, 5) is 25.2. The summed E-state index contributed by atoms with van der Waals surface area (Å²) in [7, 11) is -2.30. The summed E-state index contributed by atoms with van der Waals surface area (Å²) in [5.41, 5.74) is 1.27. The molecule has 1 N–H and O–H groups in total. The van der Waals surface area contributed by atoms with Gasteiger partial charge in [0, 0.05) is 11.6 Å². The van der Waals surface area contributed by atoms with Gasteiger partial charge in [0.1, 0.15) is 10.6 Å². The molecule has 29 heavy (non-hydrogen) atoms. The van der Waals surface area contributed by atoms with Crippen molar-refractivity contribution in [3.63, 3.8) is 0 Å². The third-order valence-corrected chi connectivity index (χ3v) is 7.20. The van der Waals surface area contributed by atoms with Gasteiger partial charge in [0.05, 0.1) is 18.7 Å². The smallest absolute Gasteiger partial charge is 0.269 e. The molecule has 0 aromatic heterocycles. The highest BCUT2D eigenvalue weighted by Crippen LogP contribution is 2.39. The van der Waals surface area contributed by atoms with E-state index < -0.39 is 15.9 Å². The summed E-state index contributed by atoms with van der Waals surface area (Å²) < 4.78 is 31.7. The van der Waals surface area contributed by atoms with Crippen molar-refractivity contribution in [3.05, 3.63) is 59.2 Å². The molecule has 0 bridgehead atoms. The van der Waals surface area contributed by atoms with Crippen LogP contribution in [0.4, 0.5) is 0 Å². The maximum absolute atomic E-state index is 12.8. The van der Waals surface area contributed by atoms with Crippen LogP contribution in [0.3, 0.4) is 0 Å². The van der Waals surface area contributed by atoms with Crippen molar-refractivity contribution >= 4 is 21.8 Å². The second-order valence-corrected chi connectivity index (χ2v) is 9.04. The summed E-state index contributed by atoms with van der Waals surface area (Å²) in [6, 6.07) is 11.2. The van der Waals surface area contributed by atoms with Crippen molar-refractivity contribution in [3.8, 4) is 5.75 Å². The summed E-state index contributed by atoms with van der Waals surface area (Å²) in [5, 5.41) is 2.94. The topological polar surface area (TPSA) is 92.8 Å². The molecule has 1 heterocycles. The first-order chi connectivity index (χ1) is 13.9. The Labute approximate surface area is 169 Å². The molecule has 7 nitrogen and oxygen atoms in total. The van der Waals surface area contributed by atoms with Crippen LogP contribution in [0.5, 0.6) is 5.75 Å². The molecule has 8 heteroatoms. The third-order valence-electron chi connectivity index (χ3n) is 5.32. The first-order valence-electron chi connectivity index (χ1n) is 9.54. The number of rotatable bonds is 6. The van der Waals surface area contributed by atoms with E-state index in [2.05, 4.69) is 5.32 Å². The third kappa shape index (κ3) is 3.37. The van der Waals surface area contributed by atoms with Gasteiger partial charge < -0.3 is 10.1 Å². The molecular weight excluding hydrogens is 392 g/mol. The minimum Gasteiger partial charge on any atom is -0.497 e. The number of hydrogen-bond acceptors (Lipinski definition) is 5. The van der Waals surface area contributed by atoms with Gasteiger partial charge in [-0.3, -0.25) is 9.59 Å². The zero-order valence-corrected chi connectivity index (χ0v) is 17.0. The molecule has 1 aliphatic heterocycles. The van der Waals surface area contributed by atoms with Crippen LogP contribution in [0.2, 0.25) is 0 Å². The van der Waals surface area contributed by atoms with Crippen LogP contribution in [0, 0.1) is 0 Å². The van der Waals surface area contributed by atoms with Crippen LogP contribution in [-0.4, -0.2) is 37.7 Å². The monoisotopic (exact) mass is 414 g/mol. The highest BCUT2D eigenvalue weighted by Gasteiger charge is 2.48. The number of carbonyl (C=O) groups excluding carboxylic acids is 2. The summed E-state index contributed by atoms with van der Waals surface area (Å²) in [6.07, 6.45) is 2.04. The average molecular weight is 414 g/mol. The van der Waals surface area contributed by atoms with Crippen LogP contribution >= 0.6 is 0 Å². The van der Waals surface area contributed by atoms with Crippen molar-refractivity contribution in [1.82, 2.24) is 9.62 Å². The van der Waals surface area contributed by atoms with Crippen LogP contribution in [0.1, 0.15) is 58.5 Å². The second kappa shape index (κ2) is 7.18. The first-order valence-corrected chi connectivity index (χ1v) is 11.0. The zero-order chi connectivity index (χ0) is 20.8. The zero-order valence-electron chi connectivity index (χ0n) is 16.2. The number of ether oxygens (including phenoxy) is 1. The Morgan fingerprint density at radius 3 is 2.48 bits per heavy atom. The lowest BCUT2D eigenvalue weighted by atomic mass is 10.0. The number of nitrogens with one attached hydrogen (secondary N) is 1. The standard InChI is InChI=1S/C21H22N2O5S/c1-3-18(13-4-9-16(28-2)10-5-13)22-20(24)14-6-11-17-19(12-14)29(26,27)23(21(17)25)15-7-8-15/h4-6,9-12,15,18H,3,7-8H2,1-2H3,(H,22,24). The van der Waals surface area contributed by atoms with Gasteiger partial charge in [0.25, 0.3) is 21.8 Å². The molecular formula is C21H22N2O5S. The van der Waals surface area contributed by atoms with Crippen molar-refractivity contribution in [2.45, 2.75) is 43.2 Å². The first kappa shape index (κ1) is 19.4. The van der Waals surface area contributed by atoms with Gasteiger partial charge in [-0.15, -0.1) is 0 Å². The molecule has 2 aromatic carbocycles. The van der Waals surface area contributed by atoms with Gasteiger partial charge in [-0.1, -0.05) is 19.1 Å². The van der Waals surface area contributed by atoms with E-state index in [0.717, 1.165) is 15.6 Å². The molecule has 0 saturated heterocycles. The fourth-order valence-electron chi connectivity index (χ4n) is 3.56. The fraction of sp³-hybridized carbons (Fsp3) is 0.333. The molecule has 1 unspecified atom stereocenters. The van der Waals surface area contributed by atoms with Crippen molar-refractivity contribution in [2.75, 3.05) is 7.11 Å². The lowest BCUT2D eigenvalue weighted by molar-refractivity contribution is 0.0863. The molecule has 1 fully saturated rings. The fourth-order valence-corrected chi connectivity index (χ4v) is 5.40. The molecule has 1 aliphatic carbocycles. The largest absolute Gasteiger partial charge is 0.497 e. The summed E-state index contributed by atoms with van der Waals surface area (Å²) in [5.74, 6) is -0.161. The van der Waals surface area contributed by atoms with E-state index in [0.29, 0.717) is 19.3 Å². The molecule has 0 radical (unpaired) electrons. The number of hydrogen-bond donors (Lipinski definition) is 1. The maximum atomic E-state index is 12.8. The maximum Gasteiger partial charge on any atom is 0.269 e. The van der Waals surface area contributed by atoms with E-state index in [1.165, 1.54) is 18.2 Å². The lowest BCUT2D eigenvalue weighted by Gasteiger charge is -2.18. The summed E-state index contributed by atoms with van der Waals surface area (Å²) in [6.45, 7) is 1.95. The quantitative estimate of drug-likeness (QED) is 0.785. The molecule has 2 aliphatic rings. The molecule has 2 aromatic rings. The Morgan fingerprint density at radius 1 is 1.21 bits per heavy atom. The van der Waals surface area contributed by atoms with Crippen LogP contribution in [0.25, 0.3) is 0 Å². The van der Waals surface area contributed by atoms with Crippen molar-refractivity contribution in [2.24, 2.45) is 0 Å². The number of fused-ring (bicyclic) bond motifs is 1. The number of carbonyl (C=O) groups is 2. The number of nitrogens with zero attached hydrogens (tertiary/aromatic N) is 1. The summed E-state index contributed by atoms with van der Waals surface area (Å²) >= 11 is 0. The van der Waals surface area contributed by atoms with Gasteiger partial charge in [-0.2, -0.15) is 0 Å². The van der Waals surface area contributed by atoms with Crippen LogP contribution < -0.4 is 10.1 Å². The van der Waals surface area contributed by atoms with Crippen LogP contribution in [-0.2, 0) is 10.0 Å².